The third-order valence-corrected chi connectivity index (χ3v) is 12.8. The zero-order chi connectivity index (χ0) is 49.9. The van der Waals surface area contributed by atoms with Gasteiger partial charge in [0, 0.05) is 13.1 Å². The van der Waals surface area contributed by atoms with Crippen molar-refractivity contribution in [3.8, 4) is 17.2 Å². The standard InChI is InChI=1S/C36H35N3O12S2.2C6H15N/c40-26-8-4-21(5-9-26)12-14-38-36(45)31(39-35(44)30-18-25-16-28(53(49,50)51)11-7-23(25)20-33(30)42)3-1-2-13-37-34(43)29-17-24-15-27(52(46,47)48)10-6-22(24)19-32(29)41;2*1-4-7(5-2)6-3/h4-11,15-20,31,40-42H,1-3,12-14H2,(H,37,43)(H,38,45)(H,39,44)(H,46,47,48)(H,49,50,51);2*4-6H2,1-3H3/t31-;;/m0../s1. The van der Waals surface area contributed by atoms with Crippen LogP contribution < -0.4 is 16.0 Å². The molecular weight excluding hydrogens is 903 g/mol. The summed E-state index contributed by atoms with van der Waals surface area (Å²) in [5.41, 5.74) is 0.446. The first-order chi connectivity index (χ1) is 31.7. The quantitative estimate of drug-likeness (QED) is 0.0312. The van der Waals surface area contributed by atoms with Crippen LogP contribution >= 0.6 is 0 Å². The molecule has 0 heterocycles. The molecule has 3 amide bonds. The third kappa shape index (κ3) is 17.4. The Bertz CT molecular complexity index is 2630. The van der Waals surface area contributed by atoms with Crippen molar-refractivity contribution in [2.24, 2.45) is 0 Å². The zero-order valence-electron chi connectivity index (χ0n) is 39.0. The molecule has 0 aliphatic rings. The van der Waals surface area contributed by atoms with Gasteiger partial charge in [-0.1, -0.05) is 65.8 Å². The van der Waals surface area contributed by atoms with Gasteiger partial charge in [-0.25, -0.2) is 0 Å². The molecule has 0 saturated carbocycles. The van der Waals surface area contributed by atoms with Crippen molar-refractivity contribution < 1.29 is 55.6 Å². The van der Waals surface area contributed by atoms with E-state index in [1.54, 1.807) is 12.1 Å². The molecule has 0 spiro atoms. The summed E-state index contributed by atoms with van der Waals surface area (Å²) in [5.74, 6) is -2.74. The van der Waals surface area contributed by atoms with Crippen molar-refractivity contribution >= 4 is 59.5 Å². The lowest BCUT2D eigenvalue weighted by Crippen LogP contribution is -2.47. The molecule has 5 aromatic carbocycles. The van der Waals surface area contributed by atoms with E-state index in [9.17, 15) is 55.6 Å². The number of phenolic OH excluding ortho intramolecular Hbond substituents is 3. The molecule has 67 heavy (non-hydrogen) atoms. The fraction of sp³-hybridized carbons (Fsp3) is 0.396. The molecule has 1 atom stereocenters. The Morgan fingerprint density at radius 1 is 0.537 bits per heavy atom. The average Bonchev–Trinajstić information content (AvgIpc) is 3.29. The maximum absolute atomic E-state index is 13.4. The largest absolute Gasteiger partial charge is 0.508 e. The van der Waals surface area contributed by atoms with Crippen LogP contribution in [0.2, 0.25) is 0 Å². The van der Waals surface area contributed by atoms with Crippen LogP contribution in [0.1, 0.15) is 87.1 Å². The highest BCUT2D eigenvalue weighted by atomic mass is 32.2. The zero-order valence-corrected chi connectivity index (χ0v) is 40.6. The Kier molecular flexibility index (Phi) is 21.9. The Balaban J connectivity index is 0.000000737. The van der Waals surface area contributed by atoms with Gasteiger partial charge in [0.1, 0.15) is 23.3 Å². The number of hydrogen-bond donors (Lipinski definition) is 8. The Morgan fingerprint density at radius 3 is 1.40 bits per heavy atom. The number of fused-ring (bicyclic) bond motifs is 2. The first-order valence-corrected chi connectivity index (χ1v) is 25.1. The summed E-state index contributed by atoms with van der Waals surface area (Å²) >= 11 is 0. The molecule has 0 unspecified atom stereocenters. The van der Waals surface area contributed by atoms with Crippen LogP contribution in [-0.4, -0.2) is 127 Å². The number of unbranched alkanes of at least 4 members (excludes halogenated alkanes) is 1. The molecule has 0 aromatic heterocycles. The van der Waals surface area contributed by atoms with Crippen molar-refractivity contribution in [2.75, 3.05) is 52.4 Å². The maximum atomic E-state index is 13.4. The van der Waals surface area contributed by atoms with Crippen molar-refractivity contribution in [3.05, 3.63) is 102 Å². The van der Waals surface area contributed by atoms with E-state index in [0.717, 1.165) is 23.8 Å². The number of amides is 3. The van der Waals surface area contributed by atoms with Crippen LogP contribution in [0, 0.1) is 0 Å². The van der Waals surface area contributed by atoms with E-state index in [-0.39, 0.29) is 57.8 Å². The van der Waals surface area contributed by atoms with Crippen LogP contribution in [0.4, 0.5) is 0 Å². The number of carbonyl (C=O) groups excluding carboxylic acids is 3. The molecule has 0 saturated heterocycles. The molecular formula is C48H65N5O12S2. The molecule has 5 aromatic rings. The molecule has 0 radical (unpaired) electrons. The first kappa shape index (κ1) is 55.5. The van der Waals surface area contributed by atoms with Gasteiger partial charge in [0.05, 0.1) is 20.9 Å². The summed E-state index contributed by atoms with van der Waals surface area (Å²) in [6.45, 7) is 20.5. The lowest BCUT2D eigenvalue weighted by molar-refractivity contribution is -0.123. The Morgan fingerprint density at radius 2 is 0.985 bits per heavy atom. The molecule has 0 aliphatic carbocycles. The minimum atomic E-state index is -4.55. The number of hydrogen-bond acceptors (Lipinski definition) is 12. The van der Waals surface area contributed by atoms with E-state index in [1.807, 2.05) is 0 Å². The topological polar surface area (TPSA) is 263 Å². The van der Waals surface area contributed by atoms with E-state index in [4.69, 9.17) is 0 Å². The number of carbonyl (C=O) groups is 3. The molecule has 17 nitrogen and oxygen atoms in total. The molecule has 19 heteroatoms. The fourth-order valence-corrected chi connectivity index (χ4v) is 7.98. The molecule has 0 bridgehead atoms. The average molecular weight is 968 g/mol. The van der Waals surface area contributed by atoms with Crippen LogP contribution in [-0.2, 0) is 31.5 Å². The van der Waals surface area contributed by atoms with Gasteiger partial charge in [-0.3, -0.25) is 23.5 Å². The minimum absolute atomic E-state index is 0.0891. The van der Waals surface area contributed by atoms with Gasteiger partial charge in [-0.15, -0.1) is 0 Å². The highest BCUT2D eigenvalue weighted by molar-refractivity contribution is 7.86. The second-order valence-electron chi connectivity index (χ2n) is 15.4. The fourth-order valence-electron chi connectivity index (χ4n) is 6.95. The second kappa shape index (κ2) is 26.5. The third-order valence-electron chi connectivity index (χ3n) is 11.1. The number of rotatable bonds is 20. The minimum Gasteiger partial charge on any atom is -0.508 e. The first-order valence-electron chi connectivity index (χ1n) is 22.3. The predicted molar refractivity (Wildman–Crippen MR) is 260 cm³/mol. The molecule has 0 fully saturated rings. The van der Waals surface area contributed by atoms with Gasteiger partial charge >= 0.3 is 0 Å². The summed E-state index contributed by atoms with van der Waals surface area (Å²) in [7, 11) is -9.05. The van der Waals surface area contributed by atoms with E-state index in [1.165, 1.54) is 93.9 Å². The monoisotopic (exact) mass is 967 g/mol. The second-order valence-corrected chi connectivity index (χ2v) is 18.3. The molecule has 366 valence electrons. The number of nitrogens with one attached hydrogen (secondary N) is 3. The van der Waals surface area contributed by atoms with E-state index >= 15 is 0 Å². The van der Waals surface area contributed by atoms with Crippen LogP contribution in [0.15, 0.2) is 94.7 Å². The van der Waals surface area contributed by atoms with E-state index in [0.29, 0.717) is 30.0 Å². The van der Waals surface area contributed by atoms with Crippen molar-refractivity contribution in [2.45, 2.75) is 83.1 Å². The Hall–Kier alpha value is -5.83. The van der Waals surface area contributed by atoms with Gasteiger partial charge in [-0.05, 0) is 153 Å². The van der Waals surface area contributed by atoms with Crippen LogP contribution in [0.25, 0.3) is 21.5 Å². The summed E-state index contributed by atoms with van der Waals surface area (Å²) in [4.78, 5) is 43.6. The van der Waals surface area contributed by atoms with Crippen LogP contribution in [0.5, 0.6) is 17.2 Å². The van der Waals surface area contributed by atoms with Crippen molar-refractivity contribution in [3.63, 3.8) is 0 Å². The van der Waals surface area contributed by atoms with Gasteiger partial charge in [0.25, 0.3) is 32.1 Å². The van der Waals surface area contributed by atoms with Crippen molar-refractivity contribution in [1.29, 1.82) is 0 Å². The number of benzene rings is 5. The normalized spacial score (nSPS) is 11.9. The van der Waals surface area contributed by atoms with Gasteiger partial charge < -0.3 is 41.1 Å². The van der Waals surface area contributed by atoms with E-state index < -0.39 is 54.6 Å². The number of nitrogens with zero attached hydrogens (tertiary/aromatic N) is 2. The smallest absolute Gasteiger partial charge is 0.294 e. The lowest BCUT2D eigenvalue weighted by atomic mass is 10.0. The summed E-state index contributed by atoms with van der Waals surface area (Å²) in [6.07, 6.45) is 1.13. The van der Waals surface area contributed by atoms with Crippen molar-refractivity contribution in [1.82, 2.24) is 25.8 Å². The Labute approximate surface area is 393 Å². The summed E-state index contributed by atoms with van der Waals surface area (Å²) in [5, 5.41) is 39.9. The maximum Gasteiger partial charge on any atom is 0.294 e. The molecule has 5 rings (SSSR count). The summed E-state index contributed by atoms with van der Waals surface area (Å²) < 4.78 is 65.2. The number of aromatic hydroxyl groups is 3. The highest BCUT2D eigenvalue weighted by Crippen LogP contribution is 2.29. The SMILES string of the molecule is CCN(CC)CC.CCN(CC)CC.O=C(NCCCC[C@H](NC(=O)c1cc2cc(S(=O)(=O)O)ccc2cc1O)C(=O)NCCc1ccc(O)cc1)c1cc2cc(S(=O)(=O)O)ccc2cc1O. The number of phenols is 3. The lowest BCUT2D eigenvalue weighted by Gasteiger charge is -2.19. The summed E-state index contributed by atoms with van der Waals surface area (Å²) in [6, 6.07) is 17.7. The van der Waals surface area contributed by atoms with Gasteiger partial charge in [-0.2, -0.15) is 16.8 Å². The molecule has 0 aliphatic heterocycles. The van der Waals surface area contributed by atoms with E-state index in [2.05, 4.69) is 67.3 Å². The highest BCUT2D eigenvalue weighted by Gasteiger charge is 2.24. The van der Waals surface area contributed by atoms with Crippen LogP contribution in [0.3, 0.4) is 0 Å². The predicted octanol–water partition coefficient (Wildman–Crippen LogP) is 6.36. The molecule has 8 N–H and O–H groups in total. The van der Waals surface area contributed by atoms with Gasteiger partial charge in [0.15, 0.2) is 0 Å². The van der Waals surface area contributed by atoms with Gasteiger partial charge in [0.2, 0.25) is 5.91 Å².